The van der Waals surface area contributed by atoms with E-state index in [9.17, 15) is 4.39 Å². The fraction of sp³-hybridized carbons (Fsp3) is 0.267. The van der Waals surface area contributed by atoms with Crippen molar-refractivity contribution in [1.29, 1.82) is 0 Å². The summed E-state index contributed by atoms with van der Waals surface area (Å²) in [5.41, 5.74) is 9.31. The number of fused-ring (bicyclic) bond motifs is 1. The molecule has 98 valence electrons. The van der Waals surface area contributed by atoms with Gasteiger partial charge in [-0.15, -0.1) is 0 Å². The van der Waals surface area contributed by atoms with Gasteiger partial charge in [0.1, 0.15) is 5.82 Å². The number of aryl methyl sites for hydroxylation is 1. The number of nitrogens with zero attached hydrogens (tertiary/aromatic N) is 1. The maximum absolute atomic E-state index is 13.2. The average Bonchev–Trinajstić information content (AvgIpc) is 2.66. The quantitative estimate of drug-likeness (QED) is 0.921. The first kappa shape index (κ1) is 12.8. The molecule has 3 rings (SSSR count). The van der Waals surface area contributed by atoms with Crippen molar-refractivity contribution in [2.75, 3.05) is 0 Å². The Morgan fingerprint density at radius 2 is 2.16 bits per heavy atom. The molecule has 2 N–H and O–H groups in total. The normalized spacial score (nSPS) is 21.4. The van der Waals surface area contributed by atoms with Gasteiger partial charge in [-0.05, 0) is 70.1 Å². The van der Waals surface area contributed by atoms with Crippen molar-refractivity contribution >= 4 is 15.9 Å². The molecule has 1 atom stereocenters. The van der Waals surface area contributed by atoms with E-state index in [0.717, 1.165) is 40.4 Å². The molecule has 0 aliphatic heterocycles. The Morgan fingerprint density at radius 1 is 1.32 bits per heavy atom. The number of rotatable bonds is 2. The highest BCUT2D eigenvalue weighted by atomic mass is 79.9. The average molecular weight is 321 g/mol. The Hall–Kier alpha value is -1.26. The zero-order valence-corrected chi connectivity index (χ0v) is 12.0. The first-order chi connectivity index (χ1) is 9.07. The predicted octanol–water partition coefficient (Wildman–Crippen LogP) is 3.33. The number of benzene rings is 1. The van der Waals surface area contributed by atoms with Gasteiger partial charge in [0, 0.05) is 22.4 Å². The highest BCUT2D eigenvalue weighted by Crippen LogP contribution is 2.37. The van der Waals surface area contributed by atoms with Gasteiger partial charge in [0.25, 0.3) is 0 Å². The molecule has 1 aromatic heterocycles. The van der Waals surface area contributed by atoms with E-state index in [2.05, 4.69) is 20.9 Å². The van der Waals surface area contributed by atoms with Crippen molar-refractivity contribution in [3.8, 4) is 0 Å². The smallest absolute Gasteiger partial charge is 0.123 e. The summed E-state index contributed by atoms with van der Waals surface area (Å²) >= 11 is 3.42. The number of aromatic nitrogens is 1. The summed E-state index contributed by atoms with van der Waals surface area (Å²) in [5.74, 6) is -0.188. The van der Waals surface area contributed by atoms with E-state index >= 15 is 0 Å². The van der Waals surface area contributed by atoms with Crippen molar-refractivity contribution in [2.45, 2.75) is 24.8 Å². The lowest BCUT2D eigenvalue weighted by Crippen LogP contribution is -2.36. The minimum Gasteiger partial charge on any atom is -0.321 e. The molecule has 2 aromatic rings. The van der Waals surface area contributed by atoms with E-state index in [1.807, 2.05) is 18.3 Å². The minimum atomic E-state index is -0.411. The number of halogens is 2. The van der Waals surface area contributed by atoms with E-state index in [-0.39, 0.29) is 5.82 Å². The van der Waals surface area contributed by atoms with Gasteiger partial charge in [0.15, 0.2) is 0 Å². The van der Waals surface area contributed by atoms with Crippen molar-refractivity contribution in [2.24, 2.45) is 5.73 Å². The van der Waals surface area contributed by atoms with Gasteiger partial charge >= 0.3 is 0 Å². The fourth-order valence-corrected chi connectivity index (χ4v) is 3.26. The summed E-state index contributed by atoms with van der Waals surface area (Å²) < 4.78 is 14.2. The van der Waals surface area contributed by atoms with Crippen LogP contribution in [-0.4, -0.2) is 4.98 Å². The second-order valence-corrected chi connectivity index (χ2v) is 6.06. The summed E-state index contributed by atoms with van der Waals surface area (Å²) in [6.07, 6.45) is 5.99. The van der Waals surface area contributed by atoms with E-state index in [4.69, 9.17) is 5.73 Å². The lowest BCUT2D eigenvalue weighted by atomic mass is 9.87. The molecule has 1 aromatic carbocycles. The largest absolute Gasteiger partial charge is 0.321 e. The second kappa shape index (κ2) is 4.69. The van der Waals surface area contributed by atoms with Gasteiger partial charge in [-0.25, -0.2) is 4.39 Å². The van der Waals surface area contributed by atoms with Crippen molar-refractivity contribution in [1.82, 2.24) is 4.98 Å². The highest BCUT2D eigenvalue weighted by molar-refractivity contribution is 9.10. The number of hydrogen-bond donors (Lipinski definition) is 1. The number of nitrogens with two attached hydrogens (primary N) is 1. The molecule has 2 nitrogen and oxygen atoms in total. The molecule has 1 aliphatic carbocycles. The van der Waals surface area contributed by atoms with Crippen LogP contribution in [-0.2, 0) is 18.4 Å². The summed E-state index contributed by atoms with van der Waals surface area (Å²) in [5, 5.41) is 0. The van der Waals surface area contributed by atoms with E-state index < -0.39 is 5.54 Å². The fourth-order valence-electron chi connectivity index (χ4n) is 2.85. The summed E-state index contributed by atoms with van der Waals surface area (Å²) in [6.45, 7) is 0. The molecular weight excluding hydrogens is 307 g/mol. The molecule has 0 bridgehead atoms. The summed E-state index contributed by atoms with van der Waals surface area (Å²) in [7, 11) is 0. The molecule has 1 aliphatic rings. The third-order valence-electron chi connectivity index (χ3n) is 3.73. The molecular formula is C15H14BrFN2. The van der Waals surface area contributed by atoms with E-state index in [1.165, 1.54) is 6.07 Å². The van der Waals surface area contributed by atoms with E-state index in [0.29, 0.717) is 0 Å². The van der Waals surface area contributed by atoms with Gasteiger partial charge in [0.05, 0.1) is 0 Å². The van der Waals surface area contributed by atoms with Crippen LogP contribution in [0.3, 0.4) is 0 Å². The maximum atomic E-state index is 13.2. The lowest BCUT2D eigenvalue weighted by Gasteiger charge is -2.25. The van der Waals surface area contributed by atoms with Gasteiger partial charge in [-0.1, -0.05) is 6.07 Å². The monoisotopic (exact) mass is 320 g/mol. The Labute approximate surface area is 120 Å². The Kier molecular flexibility index (Phi) is 3.15. The molecule has 0 saturated heterocycles. The molecule has 19 heavy (non-hydrogen) atoms. The lowest BCUT2D eigenvalue weighted by molar-refractivity contribution is 0.438. The molecule has 0 radical (unpaired) electrons. The van der Waals surface area contributed by atoms with Gasteiger partial charge < -0.3 is 5.73 Å². The van der Waals surface area contributed by atoms with Crippen molar-refractivity contribution in [3.05, 3.63) is 63.6 Å². The van der Waals surface area contributed by atoms with Crippen LogP contribution in [0.5, 0.6) is 0 Å². The van der Waals surface area contributed by atoms with Crippen LogP contribution in [0.2, 0.25) is 0 Å². The van der Waals surface area contributed by atoms with Gasteiger partial charge in [0.2, 0.25) is 0 Å². The Bertz CT molecular complexity index is 629. The van der Waals surface area contributed by atoms with Gasteiger partial charge in [-0.2, -0.15) is 0 Å². The number of pyridine rings is 1. The SMILES string of the molecule is NC1(Cc2cncc(Br)c2)CCc2cc(F)ccc21. The first-order valence-corrected chi connectivity index (χ1v) is 7.03. The topological polar surface area (TPSA) is 38.9 Å². The Morgan fingerprint density at radius 3 is 2.95 bits per heavy atom. The molecule has 0 spiro atoms. The van der Waals surface area contributed by atoms with Crippen LogP contribution in [0.25, 0.3) is 0 Å². The van der Waals surface area contributed by atoms with Crippen LogP contribution in [0.15, 0.2) is 41.1 Å². The Balaban J connectivity index is 1.94. The van der Waals surface area contributed by atoms with Crippen LogP contribution < -0.4 is 5.73 Å². The summed E-state index contributed by atoms with van der Waals surface area (Å²) in [4.78, 5) is 4.17. The molecule has 0 amide bonds. The minimum absolute atomic E-state index is 0.188. The zero-order chi connectivity index (χ0) is 13.5. The van der Waals surface area contributed by atoms with Crippen LogP contribution in [0, 0.1) is 5.82 Å². The summed E-state index contributed by atoms with van der Waals surface area (Å²) in [6, 6.07) is 6.94. The number of hydrogen-bond acceptors (Lipinski definition) is 2. The third kappa shape index (κ3) is 2.42. The maximum Gasteiger partial charge on any atom is 0.123 e. The molecule has 0 saturated carbocycles. The van der Waals surface area contributed by atoms with E-state index in [1.54, 1.807) is 12.3 Å². The molecule has 0 fully saturated rings. The standard InChI is InChI=1S/C15H14BrFN2/c16-12-5-10(8-19-9-12)7-15(18)4-3-11-6-13(17)1-2-14(11)15/h1-2,5-6,8-9H,3-4,7,18H2. The second-order valence-electron chi connectivity index (χ2n) is 5.15. The molecule has 4 heteroatoms. The first-order valence-electron chi connectivity index (χ1n) is 6.24. The molecule has 1 heterocycles. The molecule has 1 unspecified atom stereocenters. The van der Waals surface area contributed by atoms with Crippen LogP contribution >= 0.6 is 15.9 Å². The predicted molar refractivity (Wildman–Crippen MR) is 76.2 cm³/mol. The van der Waals surface area contributed by atoms with Crippen molar-refractivity contribution < 1.29 is 4.39 Å². The van der Waals surface area contributed by atoms with Crippen molar-refractivity contribution in [3.63, 3.8) is 0 Å². The third-order valence-corrected chi connectivity index (χ3v) is 4.16. The van der Waals surface area contributed by atoms with Gasteiger partial charge in [-0.3, -0.25) is 4.98 Å². The van der Waals surface area contributed by atoms with Crippen LogP contribution in [0.1, 0.15) is 23.1 Å². The zero-order valence-electron chi connectivity index (χ0n) is 10.4. The highest BCUT2D eigenvalue weighted by Gasteiger charge is 2.35. The van der Waals surface area contributed by atoms with Crippen LogP contribution in [0.4, 0.5) is 4.39 Å².